The van der Waals surface area contributed by atoms with Crippen LogP contribution in [0.3, 0.4) is 0 Å². The molecule has 2 nitrogen and oxygen atoms in total. The third-order valence-electron chi connectivity index (χ3n) is 1.70. The molecular formula is C8H10O2Si. The molecule has 0 radical (unpaired) electrons. The van der Waals surface area contributed by atoms with Gasteiger partial charge in [-0.05, 0) is 12.1 Å². The molecule has 1 aromatic rings. The lowest BCUT2D eigenvalue weighted by atomic mass is 10.3. The van der Waals surface area contributed by atoms with E-state index in [-0.39, 0.29) is 0 Å². The van der Waals surface area contributed by atoms with Crippen molar-refractivity contribution in [3.05, 3.63) is 24.3 Å². The van der Waals surface area contributed by atoms with Gasteiger partial charge in [-0.1, -0.05) is 19.1 Å². The summed E-state index contributed by atoms with van der Waals surface area (Å²) in [6.45, 7) is 2.10. The van der Waals surface area contributed by atoms with E-state index in [1.54, 1.807) is 0 Å². The van der Waals surface area contributed by atoms with Crippen LogP contribution in [-0.2, 0) is 0 Å². The van der Waals surface area contributed by atoms with Crippen molar-refractivity contribution in [1.82, 2.24) is 0 Å². The van der Waals surface area contributed by atoms with Crippen molar-refractivity contribution in [2.24, 2.45) is 0 Å². The standard InChI is InChI=1S/C8H10O2Si/c1-2-11-9-7-5-3-4-6-8(7)10-11/h3-6,11H,2H2,1H3. The molecule has 11 heavy (non-hydrogen) atoms. The van der Waals surface area contributed by atoms with E-state index in [1.165, 1.54) is 0 Å². The summed E-state index contributed by atoms with van der Waals surface area (Å²) >= 11 is 0. The Morgan fingerprint density at radius 3 is 2.18 bits per heavy atom. The summed E-state index contributed by atoms with van der Waals surface area (Å²) in [6.07, 6.45) is 0. The Bertz CT molecular complexity index is 237. The van der Waals surface area contributed by atoms with Crippen LogP contribution in [0.2, 0.25) is 6.04 Å². The van der Waals surface area contributed by atoms with Crippen molar-refractivity contribution in [3.8, 4) is 11.5 Å². The monoisotopic (exact) mass is 166 g/mol. The molecule has 0 saturated carbocycles. The number of hydrogen-bond acceptors (Lipinski definition) is 2. The van der Waals surface area contributed by atoms with Crippen molar-refractivity contribution in [1.29, 1.82) is 0 Å². The quantitative estimate of drug-likeness (QED) is 0.591. The van der Waals surface area contributed by atoms with E-state index in [0.717, 1.165) is 17.5 Å². The second kappa shape index (κ2) is 2.58. The van der Waals surface area contributed by atoms with E-state index in [1.807, 2.05) is 24.3 Å². The SMILES string of the molecule is CC[SiH]1Oc2ccccc2O1. The van der Waals surface area contributed by atoms with Crippen LogP contribution in [0.4, 0.5) is 0 Å². The minimum Gasteiger partial charge on any atom is -0.511 e. The molecule has 2 rings (SSSR count). The first kappa shape index (κ1) is 6.73. The fourth-order valence-electron chi connectivity index (χ4n) is 1.12. The van der Waals surface area contributed by atoms with Crippen molar-refractivity contribution < 1.29 is 8.85 Å². The van der Waals surface area contributed by atoms with Crippen molar-refractivity contribution in [2.75, 3.05) is 0 Å². The number of para-hydroxylation sites is 2. The summed E-state index contributed by atoms with van der Waals surface area (Å²) in [5, 5.41) is 0. The van der Waals surface area contributed by atoms with Crippen LogP contribution in [0.15, 0.2) is 24.3 Å². The molecule has 1 aliphatic heterocycles. The molecule has 0 aromatic heterocycles. The second-order valence-electron chi connectivity index (χ2n) is 2.52. The molecule has 3 heteroatoms. The highest BCUT2D eigenvalue weighted by Crippen LogP contribution is 2.33. The molecule has 1 aromatic carbocycles. The van der Waals surface area contributed by atoms with Crippen LogP contribution < -0.4 is 8.85 Å². The highest BCUT2D eigenvalue weighted by Gasteiger charge is 2.24. The first-order valence-corrected chi connectivity index (χ1v) is 5.58. The molecule has 58 valence electrons. The van der Waals surface area contributed by atoms with Crippen molar-refractivity contribution >= 4 is 9.28 Å². The highest BCUT2D eigenvalue weighted by atomic mass is 28.3. The predicted octanol–water partition coefficient (Wildman–Crippen LogP) is 1.70. The van der Waals surface area contributed by atoms with E-state index in [2.05, 4.69) is 6.92 Å². The van der Waals surface area contributed by atoms with Gasteiger partial charge in [-0.3, -0.25) is 0 Å². The van der Waals surface area contributed by atoms with E-state index in [4.69, 9.17) is 8.85 Å². The second-order valence-corrected chi connectivity index (χ2v) is 4.67. The van der Waals surface area contributed by atoms with Crippen LogP contribution in [-0.4, -0.2) is 9.28 Å². The molecule has 1 aliphatic rings. The third-order valence-corrected chi connectivity index (χ3v) is 3.40. The van der Waals surface area contributed by atoms with Crippen LogP contribution in [0.25, 0.3) is 0 Å². The molecule has 0 atom stereocenters. The minimum absolute atomic E-state index is 0.922. The molecule has 0 saturated heterocycles. The van der Waals surface area contributed by atoms with Gasteiger partial charge in [0.1, 0.15) is 11.5 Å². The lowest BCUT2D eigenvalue weighted by Crippen LogP contribution is -2.22. The van der Waals surface area contributed by atoms with Gasteiger partial charge >= 0.3 is 9.28 Å². The Kier molecular flexibility index (Phi) is 1.58. The summed E-state index contributed by atoms with van der Waals surface area (Å²) in [6, 6.07) is 8.87. The first-order chi connectivity index (χ1) is 5.40. The minimum atomic E-state index is -1.35. The summed E-state index contributed by atoms with van der Waals surface area (Å²) < 4.78 is 11.1. The zero-order chi connectivity index (χ0) is 7.68. The fraction of sp³-hybridized carbons (Fsp3) is 0.250. The molecule has 0 unspecified atom stereocenters. The zero-order valence-electron chi connectivity index (χ0n) is 6.41. The average molecular weight is 166 g/mol. The Labute approximate surface area is 67.6 Å². The molecule has 0 aliphatic carbocycles. The topological polar surface area (TPSA) is 18.5 Å². The maximum absolute atomic E-state index is 5.57. The van der Waals surface area contributed by atoms with Crippen LogP contribution in [0, 0.1) is 0 Å². The summed E-state index contributed by atoms with van der Waals surface area (Å²) in [5.74, 6) is 1.84. The third kappa shape index (κ3) is 1.11. The summed E-state index contributed by atoms with van der Waals surface area (Å²) in [7, 11) is -1.35. The summed E-state index contributed by atoms with van der Waals surface area (Å²) in [4.78, 5) is 0. The number of hydrogen-bond donors (Lipinski definition) is 0. The molecule has 0 amide bonds. The van der Waals surface area contributed by atoms with Gasteiger partial charge in [-0.2, -0.15) is 0 Å². The van der Waals surface area contributed by atoms with Crippen molar-refractivity contribution in [3.63, 3.8) is 0 Å². The molecule has 0 spiro atoms. The molecule has 1 heterocycles. The van der Waals surface area contributed by atoms with Gasteiger partial charge in [-0.15, -0.1) is 0 Å². The number of benzene rings is 1. The first-order valence-electron chi connectivity index (χ1n) is 3.82. The predicted molar refractivity (Wildman–Crippen MR) is 45.3 cm³/mol. The van der Waals surface area contributed by atoms with Gasteiger partial charge in [0.05, 0.1) is 0 Å². The summed E-state index contributed by atoms with van der Waals surface area (Å²) in [5.41, 5.74) is 0. The molecule has 0 N–H and O–H groups in total. The Balaban J connectivity index is 2.27. The largest absolute Gasteiger partial charge is 0.511 e. The maximum Gasteiger partial charge on any atom is 0.444 e. The van der Waals surface area contributed by atoms with Gasteiger partial charge in [0.2, 0.25) is 0 Å². The van der Waals surface area contributed by atoms with Crippen molar-refractivity contribution in [2.45, 2.75) is 13.0 Å². The van der Waals surface area contributed by atoms with E-state index < -0.39 is 9.28 Å². The van der Waals surface area contributed by atoms with Crippen LogP contribution in [0.5, 0.6) is 11.5 Å². The normalized spacial score (nSPS) is 15.4. The van der Waals surface area contributed by atoms with Gasteiger partial charge in [0.15, 0.2) is 0 Å². The van der Waals surface area contributed by atoms with Gasteiger partial charge in [0, 0.05) is 6.04 Å². The van der Waals surface area contributed by atoms with Gasteiger partial charge in [0.25, 0.3) is 0 Å². The van der Waals surface area contributed by atoms with Crippen LogP contribution >= 0.6 is 0 Å². The Hall–Kier alpha value is -0.963. The van der Waals surface area contributed by atoms with Crippen LogP contribution in [0.1, 0.15) is 6.92 Å². The van der Waals surface area contributed by atoms with E-state index in [9.17, 15) is 0 Å². The lowest BCUT2D eigenvalue weighted by molar-refractivity contribution is 0.499. The van der Waals surface area contributed by atoms with E-state index >= 15 is 0 Å². The van der Waals surface area contributed by atoms with E-state index in [0.29, 0.717) is 0 Å². The molecular weight excluding hydrogens is 156 g/mol. The Morgan fingerprint density at radius 2 is 1.73 bits per heavy atom. The zero-order valence-corrected chi connectivity index (χ0v) is 7.57. The fourth-order valence-corrected chi connectivity index (χ4v) is 2.46. The maximum atomic E-state index is 5.57. The van der Waals surface area contributed by atoms with Gasteiger partial charge < -0.3 is 8.85 Å². The molecule has 0 bridgehead atoms. The Morgan fingerprint density at radius 1 is 1.18 bits per heavy atom. The number of rotatable bonds is 1. The lowest BCUT2D eigenvalue weighted by Gasteiger charge is -2.01. The average Bonchev–Trinajstić information content (AvgIpc) is 2.46. The highest BCUT2D eigenvalue weighted by molar-refractivity contribution is 6.47. The molecule has 0 fully saturated rings. The smallest absolute Gasteiger partial charge is 0.444 e. The van der Waals surface area contributed by atoms with Gasteiger partial charge in [-0.25, -0.2) is 0 Å². The number of fused-ring (bicyclic) bond motifs is 1.